The van der Waals surface area contributed by atoms with E-state index in [-0.39, 0.29) is 49.1 Å². The van der Waals surface area contributed by atoms with Crippen molar-refractivity contribution in [1.82, 2.24) is 16.0 Å². The topological polar surface area (TPSA) is 107 Å². The van der Waals surface area contributed by atoms with Crippen LogP contribution in [0, 0.1) is 5.92 Å². The molecule has 6 rings (SSSR count). The number of carbonyl (C=O) groups is 2. The van der Waals surface area contributed by atoms with Crippen LogP contribution in [0.2, 0.25) is 0 Å². The lowest BCUT2D eigenvalue weighted by Crippen LogP contribution is -2.84. The average molecular weight is 507 g/mol. The summed E-state index contributed by atoms with van der Waals surface area (Å²) in [5, 5.41) is 8.43. The lowest BCUT2D eigenvalue weighted by Gasteiger charge is -2.70. The molecule has 1 aromatic rings. The Labute approximate surface area is 195 Å². The van der Waals surface area contributed by atoms with Crippen LogP contribution in [0.3, 0.4) is 0 Å². The van der Waals surface area contributed by atoms with E-state index < -0.39 is 41.8 Å². The number of halogens is 5. The van der Waals surface area contributed by atoms with Crippen LogP contribution in [0.25, 0.3) is 0 Å². The summed E-state index contributed by atoms with van der Waals surface area (Å²) < 4.78 is 81.0. The first-order chi connectivity index (χ1) is 16.3. The van der Waals surface area contributed by atoms with E-state index in [4.69, 9.17) is 4.74 Å². The van der Waals surface area contributed by atoms with Gasteiger partial charge in [-0.1, -0.05) is 0 Å². The first kappa shape index (κ1) is 23.9. The van der Waals surface area contributed by atoms with Gasteiger partial charge in [-0.15, -0.1) is 22.0 Å². The Balaban J connectivity index is 1.02. The van der Waals surface area contributed by atoms with Gasteiger partial charge in [0.25, 0.3) is 5.91 Å². The highest BCUT2D eigenvalue weighted by molar-refractivity contribution is 5.82. The molecule has 2 heterocycles. The lowest BCUT2D eigenvalue weighted by molar-refractivity contribution is -0.348. The standard InChI is InChI=1S/C21H22F5N3O6/c22-20(23,24)35-16-4-1-11(6-27-16)17(31)29-19-8-18(9-19,10-19)28-15(30)7-32-12-2-3-13-14(5-12)34-21(25,26)33-13/h2-3,5,11,16,27H,1,4,6-10H2,(H,28,30)(H,29,31). The highest BCUT2D eigenvalue weighted by Gasteiger charge is 2.69. The maximum absolute atomic E-state index is 13.1. The molecule has 2 aliphatic heterocycles. The molecular formula is C21H22F5N3O6. The number of rotatable bonds is 7. The third-order valence-corrected chi connectivity index (χ3v) is 6.58. The fourth-order valence-corrected chi connectivity index (χ4v) is 5.23. The molecule has 0 radical (unpaired) electrons. The van der Waals surface area contributed by atoms with Gasteiger partial charge in [0.05, 0.1) is 5.92 Å². The molecule has 35 heavy (non-hydrogen) atoms. The van der Waals surface area contributed by atoms with Gasteiger partial charge in [0.15, 0.2) is 18.1 Å². The fourth-order valence-electron chi connectivity index (χ4n) is 5.23. The van der Waals surface area contributed by atoms with Crippen molar-refractivity contribution < 1.29 is 50.5 Å². The fraction of sp³-hybridized carbons (Fsp3) is 0.619. The van der Waals surface area contributed by atoms with E-state index in [9.17, 15) is 31.5 Å². The largest absolute Gasteiger partial charge is 0.586 e. The number of ether oxygens (including phenoxy) is 4. The Morgan fingerprint density at radius 2 is 1.74 bits per heavy atom. The molecule has 2 unspecified atom stereocenters. The predicted octanol–water partition coefficient (Wildman–Crippen LogP) is 2.16. The average Bonchev–Trinajstić information content (AvgIpc) is 3.02. The number of carbonyl (C=O) groups excluding carboxylic acids is 2. The number of benzene rings is 1. The zero-order valence-electron chi connectivity index (χ0n) is 18.2. The second kappa shape index (κ2) is 8.08. The number of nitrogens with one attached hydrogen (secondary N) is 3. The van der Waals surface area contributed by atoms with E-state index in [1.165, 1.54) is 18.2 Å². The molecule has 3 N–H and O–H groups in total. The smallest absolute Gasteiger partial charge is 0.484 e. The highest BCUT2D eigenvalue weighted by Crippen LogP contribution is 2.60. The van der Waals surface area contributed by atoms with E-state index in [0.29, 0.717) is 19.3 Å². The van der Waals surface area contributed by atoms with Crippen molar-refractivity contribution in [3.05, 3.63) is 18.2 Å². The summed E-state index contributed by atoms with van der Waals surface area (Å²) in [5.74, 6) is -1.27. The van der Waals surface area contributed by atoms with E-state index in [2.05, 4.69) is 30.2 Å². The van der Waals surface area contributed by atoms with Gasteiger partial charge in [-0.25, -0.2) is 0 Å². The molecule has 14 heteroatoms. The molecule has 0 aromatic heterocycles. The van der Waals surface area contributed by atoms with Crippen molar-refractivity contribution in [3.63, 3.8) is 0 Å². The Kier molecular flexibility index (Phi) is 5.51. The van der Waals surface area contributed by atoms with Gasteiger partial charge in [-0.05, 0) is 44.2 Å². The highest BCUT2D eigenvalue weighted by atomic mass is 19.4. The summed E-state index contributed by atoms with van der Waals surface area (Å²) >= 11 is 0. The van der Waals surface area contributed by atoms with Gasteiger partial charge < -0.3 is 24.8 Å². The number of hydrogen-bond acceptors (Lipinski definition) is 7. The molecule has 1 saturated heterocycles. The third-order valence-electron chi connectivity index (χ3n) is 6.58. The summed E-state index contributed by atoms with van der Waals surface area (Å²) in [6, 6.07) is 3.83. The van der Waals surface area contributed by atoms with Gasteiger partial charge in [-0.3, -0.25) is 19.6 Å². The van der Waals surface area contributed by atoms with Gasteiger partial charge in [-0.2, -0.15) is 0 Å². The van der Waals surface area contributed by atoms with Crippen molar-refractivity contribution >= 4 is 11.8 Å². The molecule has 0 spiro atoms. The SMILES string of the molecule is O=C(COc1ccc2c(c1)OC(F)(F)O2)NC12CC(NC(=O)C3CCC(OC(F)(F)F)NC3)(C1)C2. The predicted molar refractivity (Wildman–Crippen MR) is 105 cm³/mol. The second-order valence-corrected chi connectivity index (χ2v) is 9.43. The quantitative estimate of drug-likeness (QED) is 0.486. The number of fused-ring (bicyclic) bond motifs is 1. The van der Waals surface area contributed by atoms with Crippen LogP contribution in [0.15, 0.2) is 18.2 Å². The Morgan fingerprint density at radius 3 is 2.40 bits per heavy atom. The van der Waals surface area contributed by atoms with Gasteiger partial charge in [0.1, 0.15) is 12.0 Å². The van der Waals surface area contributed by atoms with E-state index in [1.807, 2.05) is 0 Å². The third kappa shape index (κ3) is 5.08. The number of hydrogen-bond donors (Lipinski definition) is 3. The molecule has 192 valence electrons. The van der Waals surface area contributed by atoms with Crippen molar-refractivity contribution in [3.8, 4) is 17.2 Å². The van der Waals surface area contributed by atoms with E-state index in [1.54, 1.807) is 0 Å². The summed E-state index contributed by atoms with van der Waals surface area (Å²) in [6.45, 7) is -0.259. The van der Waals surface area contributed by atoms with Crippen LogP contribution >= 0.6 is 0 Å². The molecule has 9 nitrogen and oxygen atoms in total. The summed E-state index contributed by atoms with van der Waals surface area (Å²) in [5.41, 5.74) is -0.867. The first-order valence-electron chi connectivity index (χ1n) is 11.0. The molecule has 2 atom stereocenters. The minimum Gasteiger partial charge on any atom is -0.484 e. The molecule has 5 aliphatic rings. The van der Waals surface area contributed by atoms with Crippen LogP contribution in [0.1, 0.15) is 32.1 Å². The zero-order chi connectivity index (χ0) is 25.1. The van der Waals surface area contributed by atoms with Crippen molar-refractivity contribution in [2.75, 3.05) is 13.2 Å². The Morgan fingerprint density at radius 1 is 1.06 bits per heavy atom. The molecule has 2 amide bonds. The minimum atomic E-state index is -4.73. The van der Waals surface area contributed by atoms with Gasteiger partial charge >= 0.3 is 12.7 Å². The number of piperidine rings is 1. The Hall–Kier alpha value is -2.87. The van der Waals surface area contributed by atoms with Crippen LogP contribution in [-0.4, -0.2) is 54.9 Å². The van der Waals surface area contributed by atoms with Crippen LogP contribution in [-0.2, 0) is 14.3 Å². The lowest BCUT2D eigenvalue weighted by atomic mass is 9.44. The molecule has 3 saturated carbocycles. The zero-order valence-corrected chi connectivity index (χ0v) is 18.2. The molecular weight excluding hydrogens is 485 g/mol. The maximum atomic E-state index is 13.1. The van der Waals surface area contributed by atoms with Crippen molar-refractivity contribution in [2.24, 2.45) is 5.92 Å². The molecule has 3 aliphatic carbocycles. The van der Waals surface area contributed by atoms with Crippen LogP contribution < -0.4 is 30.2 Å². The first-order valence-corrected chi connectivity index (χ1v) is 11.0. The number of alkyl halides is 5. The maximum Gasteiger partial charge on any atom is 0.586 e. The second-order valence-electron chi connectivity index (χ2n) is 9.43. The Bertz CT molecular complexity index is 1010. The van der Waals surface area contributed by atoms with Crippen molar-refractivity contribution in [2.45, 2.75) is 62.1 Å². The normalized spacial score (nSPS) is 32.1. The monoisotopic (exact) mass is 507 g/mol. The molecule has 1 aromatic carbocycles. The summed E-state index contributed by atoms with van der Waals surface area (Å²) in [4.78, 5) is 24.8. The van der Waals surface area contributed by atoms with Gasteiger partial charge in [0, 0.05) is 23.7 Å². The number of amides is 2. The summed E-state index contributed by atoms with van der Waals surface area (Å²) in [6.07, 6.45) is -7.68. The van der Waals surface area contributed by atoms with Crippen LogP contribution in [0.4, 0.5) is 22.0 Å². The molecule has 4 fully saturated rings. The minimum absolute atomic E-state index is 0.0659. The van der Waals surface area contributed by atoms with Crippen LogP contribution in [0.5, 0.6) is 17.2 Å². The molecule has 2 bridgehead atoms. The summed E-state index contributed by atoms with van der Waals surface area (Å²) in [7, 11) is 0. The van der Waals surface area contributed by atoms with E-state index in [0.717, 1.165) is 0 Å². The van der Waals surface area contributed by atoms with Gasteiger partial charge in [0.2, 0.25) is 5.91 Å². The van der Waals surface area contributed by atoms with Crippen molar-refractivity contribution in [1.29, 1.82) is 0 Å². The van der Waals surface area contributed by atoms with E-state index >= 15 is 0 Å².